The average Bonchev–Trinajstić information content (AvgIpc) is 2.08. The predicted octanol–water partition coefficient (Wildman–Crippen LogP) is -0.0565. The minimum atomic E-state index is -2.97. The van der Waals surface area contributed by atoms with E-state index in [1.807, 2.05) is 0 Å². The highest BCUT2D eigenvalue weighted by molar-refractivity contribution is 7.92. The Morgan fingerprint density at radius 3 is 2.56 bits per heavy atom. The Bertz CT molecular complexity index is 214. The van der Waals surface area contributed by atoms with Crippen LogP contribution in [0.5, 0.6) is 0 Å². The van der Waals surface area contributed by atoms with E-state index in [1.54, 1.807) is 12.2 Å². The molecule has 52 valence electrons. The van der Waals surface area contributed by atoms with Crippen LogP contribution >= 0.6 is 0 Å². The van der Waals surface area contributed by atoms with Gasteiger partial charge in [0, 0.05) is 7.11 Å². The van der Waals surface area contributed by atoms with Crippen LogP contribution in [0.4, 0.5) is 0 Å². The second-order valence-corrected chi connectivity index (χ2v) is 3.99. The Kier molecular flexibility index (Phi) is 1.59. The van der Waals surface area contributed by atoms with Gasteiger partial charge < -0.3 is 4.74 Å². The smallest absolute Gasteiger partial charge is 0.184 e. The summed E-state index contributed by atoms with van der Waals surface area (Å²) in [6, 6.07) is 0. The summed E-state index contributed by atoms with van der Waals surface area (Å²) in [6.07, 6.45) is 3.15. The Morgan fingerprint density at radius 2 is 2.33 bits per heavy atom. The maximum Gasteiger partial charge on any atom is 0.184 e. The standard InChI is InChI=1S/C5H8O3S/c1-8-5-3-2-4-9(5,6)7/h2-3,5H,4H2,1H3. The maximum atomic E-state index is 10.8. The lowest BCUT2D eigenvalue weighted by Crippen LogP contribution is -2.17. The molecule has 1 aliphatic rings. The maximum absolute atomic E-state index is 10.8. The van der Waals surface area contributed by atoms with E-state index in [-0.39, 0.29) is 5.75 Å². The van der Waals surface area contributed by atoms with Crippen molar-refractivity contribution in [2.24, 2.45) is 0 Å². The van der Waals surface area contributed by atoms with E-state index in [2.05, 4.69) is 4.74 Å². The Labute approximate surface area is 54.2 Å². The third kappa shape index (κ3) is 1.14. The van der Waals surface area contributed by atoms with Crippen LogP contribution in [-0.2, 0) is 14.6 Å². The number of rotatable bonds is 1. The molecule has 0 bridgehead atoms. The lowest BCUT2D eigenvalue weighted by Gasteiger charge is -2.03. The van der Waals surface area contributed by atoms with Crippen molar-refractivity contribution in [1.29, 1.82) is 0 Å². The molecular weight excluding hydrogens is 140 g/mol. The van der Waals surface area contributed by atoms with Gasteiger partial charge in [-0.25, -0.2) is 8.42 Å². The fourth-order valence-electron chi connectivity index (χ4n) is 0.741. The van der Waals surface area contributed by atoms with Gasteiger partial charge in [-0.05, 0) is 6.08 Å². The van der Waals surface area contributed by atoms with E-state index >= 15 is 0 Å². The fourth-order valence-corrected chi connectivity index (χ4v) is 1.95. The fraction of sp³-hybridized carbons (Fsp3) is 0.600. The normalized spacial score (nSPS) is 31.0. The molecule has 1 heterocycles. The molecule has 0 saturated heterocycles. The number of ether oxygens (including phenoxy) is 1. The van der Waals surface area contributed by atoms with Gasteiger partial charge in [0.25, 0.3) is 0 Å². The van der Waals surface area contributed by atoms with Crippen molar-refractivity contribution in [3.8, 4) is 0 Å². The highest BCUT2D eigenvalue weighted by Gasteiger charge is 2.25. The zero-order valence-electron chi connectivity index (χ0n) is 5.07. The molecule has 0 N–H and O–H groups in total. The lowest BCUT2D eigenvalue weighted by molar-refractivity contribution is 0.200. The Balaban J connectivity index is 2.85. The summed E-state index contributed by atoms with van der Waals surface area (Å²) in [7, 11) is -1.58. The average molecular weight is 148 g/mol. The summed E-state index contributed by atoms with van der Waals surface area (Å²) in [4.78, 5) is 0. The molecule has 0 aromatic carbocycles. The molecule has 0 aromatic heterocycles. The molecule has 9 heavy (non-hydrogen) atoms. The zero-order valence-corrected chi connectivity index (χ0v) is 5.89. The number of methoxy groups -OCH3 is 1. The van der Waals surface area contributed by atoms with Crippen LogP contribution in [-0.4, -0.2) is 26.7 Å². The van der Waals surface area contributed by atoms with Crippen LogP contribution in [0, 0.1) is 0 Å². The number of sulfone groups is 1. The van der Waals surface area contributed by atoms with Gasteiger partial charge in [-0.2, -0.15) is 0 Å². The minimum absolute atomic E-state index is 0.117. The molecule has 0 fully saturated rings. The molecule has 0 aliphatic carbocycles. The number of hydrogen-bond donors (Lipinski definition) is 0. The molecule has 1 atom stereocenters. The zero-order chi connectivity index (χ0) is 6.91. The topological polar surface area (TPSA) is 43.4 Å². The molecule has 4 heteroatoms. The third-order valence-electron chi connectivity index (χ3n) is 1.21. The van der Waals surface area contributed by atoms with E-state index in [1.165, 1.54) is 7.11 Å². The third-order valence-corrected chi connectivity index (χ3v) is 2.92. The van der Waals surface area contributed by atoms with E-state index in [0.717, 1.165) is 0 Å². The molecule has 3 nitrogen and oxygen atoms in total. The SMILES string of the molecule is COC1C=CCS1(=O)=O. The molecule has 0 radical (unpaired) electrons. The van der Waals surface area contributed by atoms with Gasteiger partial charge in [0.05, 0.1) is 5.75 Å². The summed E-state index contributed by atoms with van der Waals surface area (Å²) in [5.41, 5.74) is -0.697. The van der Waals surface area contributed by atoms with Crippen LogP contribution in [0.15, 0.2) is 12.2 Å². The summed E-state index contributed by atoms with van der Waals surface area (Å²) >= 11 is 0. The van der Waals surface area contributed by atoms with Gasteiger partial charge >= 0.3 is 0 Å². The second kappa shape index (κ2) is 2.11. The van der Waals surface area contributed by atoms with Gasteiger partial charge in [0.15, 0.2) is 15.3 Å². The molecule has 1 unspecified atom stereocenters. The van der Waals surface area contributed by atoms with Crippen LogP contribution in [0.25, 0.3) is 0 Å². The van der Waals surface area contributed by atoms with Gasteiger partial charge in [-0.1, -0.05) is 6.08 Å². The van der Waals surface area contributed by atoms with Gasteiger partial charge in [-0.15, -0.1) is 0 Å². The quantitative estimate of drug-likeness (QED) is 0.489. The summed E-state index contributed by atoms with van der Waals surface area (Å²) in [5, 5.41) is 0. The van der Waals surface area contributed by atoms with Crippen molar-refractivity contribution in [2.75, 3.05) is 12.9 Å². The monoisotopic (exact) mass is 148 g/mol. The first kappa shape index (κ1) is 6.77. The molecule has 0 aromatic rings. The Hall–Kier alpha value is -0.350. The van der Waals surface area contributed by atoms with Crippen LogP contribution < -0.4 is 0 Å². The van der Waals surface area contributed by atoms with Crippen LogP contribution in [0.2, 0.25) is 0 Å². The van der Waals surface area contributed by atoms with Crippen molar-refractivity contribution < 1.29 is 13.2 Å². The van der Waals surface area contributed by atoms with E-state index < -0.39 is 15.3 Å². The van der Waals surface area contributed by atoms with Crippen molar-refractivity contribution >= 4 is 9.84 Å². The van der Waals surface area contributed by atoms with Gasteiger partial charge in [0.2, 0.25) is 0 Å². The van der Waals surface area contributed by atoms with Crippen molar-refractivity contribution in [2.45, 2.75) is 5.44 Å². The molecule has 1 aliphatic heterocycles. The van der Waals surface area contributed by atoms with Gasteiger partial charge in [-0.3, -0.25) is 0 Å². The van der Waals surface area contributed by atoms with E-state index in [4.69, 9.17) is 0 Å². The van der Waals surface area contributed by atoms with Crippen LogP contribution in [0.1, 0.15) is 0 Å². The van der Waals surface area contributed by atoms with Crippen molar-refractivity contribution in [3.63, 3.8) is 0 Å². The highest BCUT2D eigenvalue weighted by atomic mass is 32.2. The first-order chi connectivity index (χ1) is 4.17. The predicted molar refractivity (Wildman–Crippen MR) is 33.7 cm³/mol. The largest absolute Gasteiger partial charge is 0.361 e. The lowest BCUT2D eigenvalue weighted by atomic mass is 10.6. The number of hydrogen-bond acceptors (Lipinski definition) is 3. The van der Waals surface area contributed by atoms with Gasteiger partial charge in [0.1, 0.15) is 0 Å². The summed E-state index contributed by atoms with van der Waals surface area (Å²) < 4.78 is 26.3. The van der Waals surface area contributed by atoms with Crippen molar-refractivity contribution in [1.82, 2.24) is 0 Å². The first-order valence-electron chi connectivity index (χ1n) is 2.58. The first-order valence-corrected chi connectivity index (χ1v) is 4.29. The molecule has 0 saturated carbocycles. The molecule has 1 rings (SSSR count). The summed E-state index contributed by atoms with van der Waals surface area (Å²) in [6.45, 7) is 0. The van der Waals surface area contributed by atoms with Crippen LogP contribution in [0.3, 0.4) is 0 Å². The van der Waals surface area contributed by atoms with E-state index in [0.29, 0.717) is 0 Å². The highest BCUT2D eigenvalue weighted by Crippen LogP contribution is 2.11. The second-order valence-electron chi connectivity index (χ2n) is 1.86. The molecular formula is C5H8O3S. The Morgan fingerprint density at radius 1 is 1.67 bits per heavy atom. The van der Waals surface area contributed by atoms with E-state index in [9.17, 15) is 8.42 Å². The van der Waals surface area contributed by atoms with Crippen molar-refractivity contribution in [3.05, 3.63) is 12.2 Å². The minimum Gasteiger partial charge on any atom is -0.361 e. The summed E-state index contributed by atoms with van der Waals surface area (Å²) in [5.74, 6) is 0.117. The molecule has 0 spiro atoms. The molecule has 0 amide bonds.